The number of benzene rings is 1. The van der Waals surface area contributed by atoms with E-state index in [2.05, 4.69) is 6.92 Å². The number of ether oxygens (including phenoxy) is 1. The van der Waals surface area contributed by atoms with Crippen molar-refractivity contribution >= 4 is 22.6 Å². The number of alkyl halides is 1. The van der Waals surface area contributed by atoms with Gasteiger partial charge in [-0.15, -0.1) is 0 Å². The lowest BCUT2D eigenvalue weighted by Crippen LogP contribution is -2.59. The zero-order chi connectivity index (χ0) is 21.5. The minimum Gasteiger partial charge on any atom is -0.492 e. The average molecular weight is 419 g/mol. The van der Waals surface area contributed by atoms with E-state index in [1.54, 1.807) is 0 Å². The van der Waals surface area contributed by atoms with Crippen molar-refractivity contribution < 1.29 is 23.4 Å². The van der Waals surface area contributed by atoms with Gasteiger partial charge in [0.25, 0.3) is 0 Å². The summed E-state index contributed by atoms with van der Waals surface area (Å²) in [6, 6.07) is 0.426. The number of anilines is 1. The van der Waals surface area contributed by atoms with Crippen LogP contribution in [-0.2, 0) is 0 Å². The zero-order valence-electron chi connectivity index (χ0n) is 16.7. The molecular formula is C21H23F2N3O4. The van der Waals surface area contributed by atoms with Crippen LogP contribution < -0.4 is 20.8 Å². The van der Waals surface area contributed by atoms with E-state index in [4.69, 9.17) is 10.5 Å². The number of hydrogen-bond acceptors (Lipinski definition) is 5. The second-order valence-corrected chi connectivity index (χ2v) is 8.94. The second-order valence-electron chi connectivity index (χ2n) is 8.94. The number of rotatable bonds is 4. The number of pyridine rings is 1. The first-order valence-corrected chi connectivity index (χ1v) is 10.0. The number of carbonyl (C=O) groups is 1. The molecule has 2 aliphatic carbocycles. The van der Waals surface area contributed by atoms with Gasteiger partial charge >= 0.3 is 5.97 Å². The number of aromatic carboxylic acids is 1. The van der Waals surface area contributed by atoms with Gasteiger partial charge in [-0.05, 0) is 24.3 Å². The molecule has 30 heavy (non-hydrogen) atoms. The Bertz CT molecular complexity index is 1150. The van der Waals surface area contributed by atoms with Crippen LogP contribution in [0, 0.1) is 17.7 Å². The normalized spacial score (nSPS) is 32.1. The first-order chi connectivity index (χ1) is 14.2. The number of hydrogen-bond donors (Lipinski definition) is 2. The van der Waals surface area contributed by atoms with Crippen molar-refractivity contribution in [1.29, 1.82) is 0 Å². The van der Waals surface area contributed by atoms with Crippen molar-refractivity contribution in [3.05, 3.63) is 33.9 Å². The molecule has 5 atom stereocenters. The molecule has 3 fully saturated rings. The zero-order valence-corrected chi connectivity index (χ0v) is 16.7. The molecule has 9 heteroatoms. The highest BCUT2D eigenvalue weighted by Gasteiger charge is 2.55. The summed E-state index contributed by atoms with van der Waals surface area (Å²) >= 11 is 0. The van der Waals surface area contributed by atoms with Gasteiger partial charge in [-0.2, -0.15) is 0 Å². The summed E-state index contributed by atoms with van der Waals surface area (Å²) in [6.45, 7) is 3.13. The molecule has 2 saturated carbocycles. The van der Waals surface area contributed by atoms with Gasteiger partial charge in [0.15, 0.2) is 11.6 Å². The molecule has 5 unspecified atom stereocenters. The highest BCUT2D eigenvalue weighted by molar-refractivity contribution is 5.97. The molecule has 0 spiro atoms. The number of halogens is 2. The summed E-state index contributed by atoms with van der Waals surface area (Å²) in [5, 5.41) is 9.27. The van der Waals surface area contributed by atoms with Crippen molar-refractivity contribution in [2.24, 2.45) is 17.6 Å². The van der Waals surface area contributed by atoms with Crippen molar-refractivity contribution in [2.45, 2.75) is 37.5 Å². The lowest BCUT2D eigenvalue weighted by Gasteiger charge is -2.46. The van der Waals surface area contributed by atoms with Gasteiger partial charge in [-0.25, -0.2) is 13.6 Å². The van der Waals surface area contributed by atoms with Crippen LogP contribution in [-0.4, -0.2) is 47.6 Å². The Hall–Kier alpha value is -2.68. The van der Waals surface area contributed by atoms with E-state index in [-0.39, 0.29) is 40.2 Å². The summed E-state index contributed by atoms with van der Waals surface area (Å²) < 4.78 is 36.3. The van der Waals surface area contributed by atoms with Crippen LogP contribution in [0.15, 0.2) is 17.1 Å². The van der Waals surface area contributed by atoms with Crippen molar-refractivity contribution in [3.8, 4) is 5.75 Å². The van der Waals surface area contributed by atoms with Crippen LogP contribution in [0.5, 0.6) is 5.75 Å². The number of aromatic nitrogens is 1. The average Bonchev–Trinajstić information content (AvgIpc) is 3.33. The maximum atomic E-state index is 15.3. The monoisotopic (exact) mass is 419 g/mol. The molecule has 0 amide bonds. The number of nitrogens with zero attached hydrogens (tertiary/aromatic N) is 2. The summed E-state index contributed by atoms with van der Waals surface area (Å²) in [4.78, 5) is 26.1. The Labute approximate surface area is 171 Å². The van der Waals surface area contributed by atoms with Crippen molar-refractivity contribution in [3.63, 3.8) is 0 Å². The number of carboxylic acid groups (broad SMARTS) is 1. The van der Waals surface area contributed by atoms with Gasteiger partial charge in [0, 0.05) is 31.2 Å². The van der Waals surface area contributed by atoms with Gasteiger partial charge in [-0.3, -0.25) is 4.79 Å². The predicted octanol–water partition coefficient (Wildman–Crippen LogP) is 2.30. The van der Waals surface area contributed by atoms with Crippen LogP contribution in [0.1, 0.15) is 36.2 Å². The number of nitrogens with two attached hydrogens (primary N) is 1. The molecule has 1 aliphatic heterocycles. The van der Waals surface area contributed by atoms with Gasteiger partial charge < -0.3 is 25.0 Å². The van der Waals surface area contributed by atoms with E-state index < -0.39 is 35.0 Å². The topological polar surface area (TPSA) is 97.8 Å². The van der Waals surface area contributed by atoms with Crippen molar-refractivity contribution in [2.75, 3.05) is 25.1 Å². The van der Waals surface area contributed by atoms with Gasteiger partial charge in [0.1, 0.15) is 17.4 Å². The third-order valence-corrected chi connectivity index (χ3v) is 7.02. The molecule has 1 saturated heterocycles. The highest BCUT2D eigenvalue weighted by Crippen LogP contribution is 2.51. The highest BCUT2D eigenvalue weighted by atomic mass is 19.1. The minimum atomic E-state index is -1.44. The fourth-order valence-corrected chi connectivity index (χ4v) is 5.46. The number of methoxy groups -OCH3 is 1. The standard InChI is InChI=1S/C21H23F2N3O4/c1-9-5-21(24)8-25(7-12(9)21)17-14(23)3-10-16(19(17)30-2)26(15-4-13(15)22)6-11(18(10)27)20(28)29/h3,6,9,12-13,15H,4-5,7-8,24H2,1-2H3,(H,28,29). The van der Waals surface area contributed by atoms with E-state index in [0.29, 0.717) is 19.0 Å². The summed E-state index contributed by atoms with van der Waals surface area (Å²) in [7, 11) is 1.36. The molecule has 3 N–H and O–H groups in total. The largest absolute Gasteiger partial charge is 0.492 e. The van der Waals surface area contributed by atoms with Crippen LogP contribution in [0.3, 0.4) is 0 Å². The SMILES string of the molecule is COc1c(N2CC3C(C)CC3(N)C2)c(F)cc2c(=O)c(C(=O)O)cn(C3CC3F)c12. The maximum Gasteiger partial charge on any atom is 0.341 e. The van der Waals surface area contributed by atoms with Crippen LogP contribution in [0.4, 0.5) is 14.5 Å². The summed E-state index contributed by atoms with van der Waals surface area (Å²) in [5.74, 6) is -1.35. The smallest absolute Gasteiger partial charge is 0.341 e. The molecule has 0 bridgehead atoms. The lowest BCUT2D eigenvalue weighted by atomic mass is 9.62. The van der Waals surface area contributed by atoms with E-state index in [9.17, 15) is 19.1 Å². The molecule has 5 rings (SSSR count). The van der Waals surface area contributed by atoms with E-state index in [0.717, 1.165) is 18.7 Å². The van der Waals surface area contributed by atoms with Gasteiger partial charge in [0.05, 0.1) is 24.1 Å². The Balaban J connectivity index is 1.76. The molecule has 1 aromatic carbocycles. The molecular weight excluding hydrogens is 396 g/mol. The molecule has 3 aliphatic rings. The maximum absolute atomic E-state index is 15.3. The first-order valence-electron chi connectivity index (χ1n) is 10.0. The first kappa shape index (κ1) is 19.3. The predicted molar refractivity (Wildman–Crippen MR) is 107 cm³/mol. The van der Waals surface area contributed by atoms with E-state index in [1.807, 2.05) is 4.90 Å². The lowest BCUT2D eigenvalue weighted by molar-refractivity contribution is 0.0694. The fraction of sp³-hybridized carbons (Fsp3) is 0.524. The number of fused-ring (bicyclic) bond motifs is 2. The Morgan fingerprint density at radius 3 is 2.67 bits per heavy atom. The molecule has 2 aromatic rings. The van der Waals surface area contributed by atoms with Crippen LogP contribution in [0.25, 0.3) is 10.9 Å². The second kappa shape index (κ2) is 6.16. The summed E-state index contributed by atoms with van der Waals surface area (Å²) in [6.07, 6.45) is 1.03. The minimum absolute atomic E-state index is 0.107. The quantitative estimate of drug-likeness (QED) is 0.789. The van der Waals surface area contributed by atoms with E-state index in [1.165, 1.54) is 11.7 Å². The molecule has 7 nitrogen and oxygen atoms in total. The van der Waals surface area contributed by atoms with Gasteiger partial charge in [-0.1, -0.05) is 6.92 Å². The third kappa shape index (κ3) is 2.50. The number of carboxylic acids is 1. The van der Waals surface area contributed by atoms with Crippen molar-refractivity contribution in [1.82, 2.24) is 4.57 Å². The molecule has 0 radical (unpaired) electrons. The Morgan fingerprint density at radius 1 is 1.43 bits per heavy atom. The summed E-state index contributed by atoms with van der Waals surface area (Å²) in [5.41, 5.74) is 5.15. The van der Waals surface area contributed by atoms with Crippen LogP contribution >= 0.6 is 0 Å². The van der Waals surface area contributed by atoms with E-state index >= 15 is 4.39 Å². The third-order valence-electron chi connectivity index (χ3n) is 7.02. The molecule has 1 aromatic heterocycles. The van der Waals surface area contributed by atoms with Crippen LogP contribution in [0.2, 0.25) is 0 Å². The molecule has 2 heterocycles. The Morgan fingerprint density at radius 2 is 2.13 bits per heavy atom. The molecule has 160 valence electrons. The fourth-order valence-electron chi connectivity index (χ4n) is 5.46. The Kier molecular flexibility index (Phi) is 3.96. The van der Waals surface area contributed by atoms with Gasteiger partial charge in [0.2, 0.25) is 5.43 Å².